The number of aryl methyl sites for hydroxylation is 2. The topological polar surface area (TPSA) is 105 Å². The van der Waals surface area contributed by atoms with E-state index in [4.69, 9.17) is 0 Å². The zero-order valence-electron chi connectivity index (χ0n) is 11.6. The van der Waals surface area contributed by atoms with Crippen LogP contribution in [0, 0.1) is 13.8 Å². The summed E-state index contributed by atoms with van der Waals surface area (Å²) in [7, 11) is -2.21. The molecule has 0 aliphatic carbocycles. The van der Waals surface area contributed by atoms with E-state index < -0.39 is 22.0 Å². The Hall–Kier alpha value is -1.45. The van der Waals surface area contributed by atoms with Gasteiger partial charge in [0.15, 0.2) is 0 Å². The third-order valence-corrected chi connectivity index (χ3v) is 5.65. The molecule has 8 nitrogen and oxygen atoms in total. The van der Waals surface area contributed by atoms with E-state index >= 15 is 0 Å². The maximum Gasteiger partial charge on any atom is 0.323 e. The van der Waals surface area contributed by atoms with E-state index in [1.54, 1.807) is 20.9 Å². The third-order valence-electron chi connectivity index (χ3n) is 3.49. The highest BCUT2D eigenvalue weighted by Crippen LogP contribution is 2.25. The Morgan fingerprint density at radius 2 is 2.10 bits per heavy atom. The molecule has 0 bridgehead atoms. The molecule has 1 aromatic rings. The molecule has 20 heavy (non-hydrogen) atoms. The maximum absolute atomic E-state index is 12.7. The number of hydrogen-bond acceptors (Lipinski definition) is 5. The average Bonchev–Trinajstić information content (AvgIpc) is 2.63. The first-order chi connectivity index (χ1) is 9.26. The molecule has 1 unspecified atom stereocenters. The predicted octanol–water partition coefficient (Wildman–Crippen LogP) is -0.916. The van der Waals surface area contributed by atoms with Gasteiger partial charge >= 0.3 is 5.97 Å². The SMILES string of the molecule is Cc1nn(C)c(C)c1S(=O)(=O)N1CCNCC1C(=O)O. The van der Waals surface area contributed by atoms with Gasteiger partial charge in [0.25, 0.3) is 0 Å². The smallest absolute Gasteiger partial charge is 0.323 e. The van der Waals surface area contributed by atoms with E-state index in [0.29, 0.717) is 17.9 Å². The quantitative estimate of drug-likeness (QED) is 0.748. The molecule has 2 heterocycles. The number of nitrogens with zero attached hydrogens (tertiary/aromatic N) is 3. The molecule has 1 fully saturated rings. The lowest BCUT2D eigenvalue weighted by atomic mass is 10.2. The van der Waals surface area contributed by atoms with Gasteiger partial charge in [0.2, 0.25) is 10.0 Å². The summed E-state index contributed by atoms with van der Waals surface area (Å²) in [4.78, 5) is 11.4. The molecule has 9 heteroatoms. The largest absolute Gasteiger partial charge is 0.480 e. The highest BCUT2D eigenvalue weighted by atomic mass is 32.2. The fraction of sp³-hybridized carbons (Fsp3) is 0.636. The third kappa shape index (κ3) is 2.32. The van der Waals surface area contributed by atoms with E-state index in [9.17, 15) is 18.3 Å². The summed E-state index contributed by atoms with van der Waals surface area (Å²) in [5.74, 6) is -1.15. The van der Waals surface area contributed by atoms with Crippen LogP contribution >= 0.6 is 0 Å². The molecule has 0 amide bonds. The van der Waals surface area contributed by atoms with Gasteiger partial charge in [-0.3, -0.25) is 9.48 Å². The number of nitrogens with one attached hydrogen (secondary N) is 1. The second-order valence-electron chi connectivity index (χ2n) is 4.80. The van der Waals surface area contributed by atoms with Crippen LogP contribution in [0.2, 0.25) is 0 Å². The minimum Gasteiger partial charge on any atom is -0.480 e. The van der Waals surface area contributed by atoms with Gasteiger partial charge < -0.3 is 10.4 Å². The van der Waals surface area contributed by atoms with Gasteiger partial charge in [-0.25, -0.2) is 8.42 Å². The van der Waals surface area contributed by atoms with E-state index in [-0.39, 0.29) is 18.0 Å². The van der Waals surface area contributed by atoms with Gasteiger partial charge in [-0.2, -0.15) is 9.40 Å². The maximum atomic E-state index is 12.7. The van der Waals surface area contributed by atoms with Crippen molar-refractivity contribution in [3.05, 3.63) is 11.4 Å². The number of carbonyl (C=O) groups is 1. The molecule has 1 aliphatic heterocycles. The van der Waals surface area contributed by atoms with Gasteiger partial charge in [0.1, 0.15) is 10.9 Å². The number of aromatic nitrogens is 2. The minimum absolute atomic E-state index is 0.104. The van der Waals surface area contributed by atoms with Crippen molar-refractivity contribution in [3.8, 4) is 0 Å². The van der Waals surface area contributed by atoms with Crippen molar-refractivity contribution in [1.82, 2.24) is 19.4 Å². The van der Waals surface area contributed by atoms with E-state index in [1.807, 2.05) is 0 Å². The fourth-order valence-corrected chi connectivity index (χ4v) is 4.41. The summed E-state index contributed by atoms with van der Waals surface area (Å²) < 4.78 is 28.0. The van der Waals surface area contributed by atoms with Gasteiger partial charge in [0, 0.05) is 26.7 Å². The zero-order valence-corrected chi connectivity index (χ0v) is 12.4. The molecule has 1 atom stereocenters. The number of carboxylic acid groups (broad SMARTS) is 1. The Morgan fingerprint density at radius 3 is 2.60 bits per heavy atom. The Bertz CT molecular complexity index is 637. The molecule has 1 saturated heterocycles. The van der Waals surface area contributed by atoms with Crippen LogP contribution in [0.3, 0.4) is 0 Å². The van der Waals surface area contributed by atoms with Crippen molar-refractivity contribution < 1.29 is 18.3 Å². The molecule has 1 aliphatic rings. The van der Waals surface area contributed by atoms with Crippen LogP contribution in [0.4, 0.5) is 0 Å². The second-order valence-corrected chi connectivity index (χ2v) is 6.62. The van der Waals surface area contributed by atoms with Crippen LogP contribution in [0.25, 0.3) is 0 Å². The highest BCUT2D eigenvalue weighted by Gasteiger charge is 2.40. The Labute approximate surface area is 117 Å². The number of sulfonamides is 1. The van der Waals surface area contributed by atoms with Crippen LogP contribution < -0.4 is 5.32 Å². The van der Waals surface area contributed by atoms with E-state index in [1.165, 1.54) is 4.68 Å². The predicted molar refractivity (Wildman–Crippen MR) is 70.9 cm³/mol. The van der Waals surface area contributed by atoms with Crippen LogP contribution in [-0.2, 0) is 21.9 Å². The van der Waals surface area contributed by atoms with E-state index in [2.05, 4.69) is 10.4 Å². The van der Waals surface area contributed by atoms with Crippen molar-refractivity contribution >= 4 is 16.0 Å². The fourth-order valence-electron chi connectivity index (χ4n) is 2.43. The van der Waals surface area contributed by atoms with Crippen molar-refractivity contribution in [2.24, 2.45) is 7.05 Å². The van der Waals surface area contributed by atoms with Crippen molar-refractivity contribution in [2.75, 3.05) is 19.6 Å². The van der Waals surface area contributed by atoms with Crippen molar-refractivity contribution in [1.29, 1.82) is 0 Å². The molecule has 0 radical (unpaired) electrons. The van der Waals surface area contributed by atoms with Crippen LogP contribution in [0.15, 0.2) is 4.90 Å². The van der Waals surface area contributed by atoms with Gasteiger partial charge in [-0.15, -0.1) is 0 Å². The number of rotatable bonds is 3. The van der Waals surface area contributed by atoms with Crippen molar-refractivity contribution in [3.63, 3.8) is 0 Å². The van der Waals surface area contributed by atoms with Gasteiger partial charge in [-0.05, 0) is 13.8 Å². The van der Waals surface area contributed by atoms with Crippen molar-refractivity contribution in [2.45, 2.75) is 24.8 Å². The number of carboxylic acids is 1. The average molecular weight is 302 g/mol. The second kappa shape index (κ2) is 5.15. The molecule has 112 valence electrons. The molecule has 1 aromatic heterocycles. The van der Waals surface area contributed by atoms with Crippen LogP contribution in [0.1, 0.15) is 11.4 Å². The first-order valence-corrected chi connectivity index (χ1v) is 7.66. The zero-order chi connectivity index (χ0) is 15.1. The summed E-state index contributed by atoms with van der Waals surface area (Å²) >= 11 is 0. The minimum atomic E-state index is -3.87. The summed E-state index contributed by atoms with van der Waals surface area (Å²) in [6.07, 6.45) is 0. The molecular formula is C11H18N4O4S. The molecular weight excluding hydrogens is 284 g/mol. The van der Waals surface area contributed by atoms with Gasteiger partial charge in [-0.1, -0.05) is 0 Å². The summed E-state index contributed by atoms with van der Waals surface area (Å²) in [6.45, 7) is 3.93. The monoisotopic (exact) mass is 302 g/mol. The first kappa shape index (κ1) is 14.9. The standard InChI is InChI=1S/C11H18N4O4S/c1-7-10(8(2)14(3)13-7)20(18,19)15-5-4-12-6-9(15)11(16)17/h9,12H,4-6H2,1-3H3,(H,16,17). The number of hydrogen-bond donors (Lipinski definition) is 2. The Kier molecular flexibility index (Phi) is 3.85. The molecule has 2 N–H and O–H groups in total. The molecule has 2 rings (SSSR count). The van der Waals surface area contributed by atoms with E-state index in [0.717, 1.165) is 4.31 Å². The number of aliphatic carboxylic acids is 1. The Morgan fingerprint density at radius 1 is 1.45 bits per heavy atom. The lowest BCUT2D eigenvalue weighted by molar-refractivity contribution is -0.141. The lowest BCUT2D eigenvalue weighted by Gasteiger charge is -2.32. The molecule has 0 spiro atoms. The summed E-state index contributed by atoms with van der Waals surface area (Å²) in [5.41, 5.74) is 0.887. The lowest BCUT2D eigenvalue weighted by Crippen LogP contribution is -2.56. The Balaban J connectivity index is 2.50. The summed E-state index contributed by atoms with van der Waals surface area (Å²) in [5, 5.41) is 16.2. The molecule has 0 aromatic carbocycles. The molecule has 0 saturated carbocycles. The normalized spacial score (nSPS) is 21.1. The van der Waals surface area contributed by atoms with Gasteiger partial charge in [0.05, 0.1) is 11.4 Å². The number of piperazine rings is 1. The van der Waals surface area contributed by atoms with Crippen LogP contribution in [0.5, 0.6) is 0 Å². The highest BCUT2D eigenvalue weighted by molar-refractivity contribution is 7.89. The van der Waals surface area contributed by atoms with Crippen LogP contribution in [-0.4, -0.2) is 59.3 Å². The summed E-state index contributed by atoms with van der Waals surface area (Å²) in [6, 6.07) is -1.09. The first-order valence-electron chi connectivity index (χ1n) is 6.22.